The molecule has 2 aliphatic rings. The first-order chi connectivity index (χ1) is 10.6. The number of ether oxygens (including phenoxy) is 2. The van der Waals surface area contributed by atoms with E-state index in [4.69, 9.17) is 9.47 Å². The number of carbonyl (C=O) groups excluding carboxylic acids is 1. The molecule has 1 saturated carbocycles. The summed E-state index contributed by atoms with van der Waals surface area (Å²) in [6.07, 6.45) is 0.995. The molecular weight excluding hydrogens is 294 g/mol. The molecule has 1 aliphatic heterocycles. The molecule has 1 heterocycles. The molecule has 0 aromatic rings. The molecule has 0 bridgehead atoms. The molecule has 1 amide bonds. The van der Waals surface area contributed by atoms with Crippen molar-refractivity contribution in [3.63, 3.8) is 0 Å². The van der Waals surface area contributed by atoms with E-state index >= 15 is 0 Å². The van der Waals surface area contributed by atoms with Gasteiger partial charge in [-0.25, -0.2) is 4.79 Å². The predicted molar refractivity (Wildman–Crippen MR) is 90.8 cm³/mol. The van der Waals surface area contributed by atoms with E-state index in [1.807, 2.05) is 27.7 Å². The van der Waals surface area contributed by atoms with Gasteiger partial charge in [-0.05, 0) is 34.1 Å². The lowest BCUT2D eigenvalue weighted by Gasteiger charge is -2.52. The molecule has 0 saturated heterocycles. The van der Waals surface area contributed by atoms with Crippen molar-refractivity contribution >= 4 is 11.9 Å². The highest BCUT2D eigenvalue weighted by atomic mass is 16.6. The zero-order chi connectivity index (χ0) is 17.3. The van der Waals surface area contributed by atoms with Crippen LogP contribution in [-0.4, -0.2) is 60.8 Å². The highest BCUT2D eigenvalue weighted by Crippen LogP contribution is 2.42. The third kappa shape index (κ3) is 4.37. The third-order valence-corrected chi connectivity index (χ3v) is 4.55. The Bertz CT molecular complexity index is 468. The maximum Gasteiger partial charge on any atom is 0.410 e. The highest BCUT2D eigenvalue weighted by molar-refractivity contribution is 5.88. The van der Waals surface area contributed by atoms with Crippen LogP contribution in [0.2, 0.25) is 0 Å². The lowest BCUT2D eigenvalue weighted by atomic mass is 9.64. The van der Waals surface area contributed by atoms with Crippen LogP contribution in [-0.2, 0) is 9.47 Å². The Morgan fingerprint density at radius 1 is 1.43 bits per heavy atom. The summed E-state index contributed by atoms with van der Waals surface area (Å²) in [5.41, 5.74) is -0.396. The van der Waals surface area contributed by atoms with Crippen LogP contribution in [0.4, 0.5) is 4.79 Å². The van der Waals surface area contributed by atoms with Crippen LogP contribution in [0.5, 0.6) is 0 Å². The van der Waals surface area contributed by atoms with E-state index in [1.54, 1.807) is 4.90 Å². The van der Waals surface area contributed by atoms with Crippen LogP contribution in [0.1, 0.15) is 48.0 Å². The van der Waals surface area contributed by atoms with E-state index in [1.165, 1.54) is 0 Å². The Kier molecular flexibility index (Phi) is 5.23. The van der Waals surface area contributed by atoms with Gasteiger partial charge < -0.3 is 14.8 Å². The van der Waals surface area contributed by atoms with Crippen molar-refractivity contribution in [3.05, 3.63) is 0 Å². The number of hydrogen-bond donors (Lipinski definition) is 1. The number of nitrogens with zero attached hydrogens (tertiary/aromatic N) is 2. The Morgan fingerprint density at radius 2 is 2.13 bits per heavy atom. The van der Waals surface area contributed by atoms with Crippen LogP contribution in [0.15, 0.2) is 4.99 Å². The van der Waals surface area contributed by atoms with Gasteiger partial charge in [-0.1, -0.05) is 13.8 Å². The first-order valence-electron chi connectivity index (χ1n) is 8.53. The number of nitrogens with one attached hydrogen (secondary N) is 1. The van der Waals surface area contributed by atoms with Crippen LogP contribution in [0.25, 0.3) is 0 Å². The van der Waals surface area contributed by atoms with E-state index in [0.717, 1.165) is 18.9 Å². The molecule has 0 spiro atoms. The average molecular weight is 325 g/mol. The standard InChI is InChI=1S/C17H31N3O3/c1-7-22-13-10-12(17(13,5)6)19-14-11-20(9-8-18-14)15(21)23-16(2,3)4/h12-13H,7-11H2,1-6H3,(H,18,19). The van der Waals surface area contributed by atoms with Crippen molar-refractivity contribution in [3.8, 4) is 0 Å². The largest absolute Gasteiger partial charge is 0.444 e. The molecular formula is C17H31N3O3. The maximum atomic E-state index is 12.2. The summed E-state index contributed by atoms with van der Waals surface area (Å²) in [7, 11) is 0. The average Bonchev–Trinajstić information content (AvgIpc) is 2.45. The van der Waals surface area contributed by atoms with E-state index < -0.39 is 5.60 Å². The minimum absolute atomic E-state index is 0.0761. The van der Waals surface area contributed by atoms with Crippen LogP contribution >= 0.6 is 0 Å². The fraction of sp³-hybridized carbons (Fsp3) is 0.882. The van der Waals surface area contributed by atoms with Crippen LogP contribution in [0, 0.1) is 5.41 Å². The minimum Gasteiger partial charge on any atom is -0.444 e. The zero-order valence-corrected chi connectivity index (χ0v) is 15.3. The molecule has 1 aliphatic carbocycles. The summed E-state index contributed by atoms with van der Waals surface area (Å²) in [5.74, 6) is 0.870. The topological polar surface area (TPSA) is 63.2 Å². The minimum atomic E-state index is -0.472. The first kappa shape index (κ1) is 18.0. The number of hydrogen-bond acceptors (Lipinski definition) is 5. The second-order valence-corrected chi connectivity index (χ2v) is 7.93. The number of amides is 1. The molecule has 0 aromatic carbocycles. The van der Waals surface area contributed by atoms with Gasteiger partial charge in [-0.2, -0.15) is 0 Å². The fourth-order valence-electron chi connectivity index (χ4n) is 3.00. The van der Waals surface area contributed by atoms with Crippen molar-refractivity contribution in [2.75, 3.05) is 26.2 Å². The van der Waals surface area contributed by atoms with Gasteiger partial charge in [0.2, 0.25) is 0 Å². The molecule has 2 atom stereocenters. The van der Waals surface area contributed by atoms with Crippen LogP contribution in [0.3, 0.4) is 0 Å². The normalized spacial score (nSPS) is 27.0. The van der Waals surface area contributed by atoms with Crippen molar-refractivity contribution in [1.29, 1.82) is 0 Å². The van der Waals surface area contributed by atoms with Gasteiger partial charge in [0.1, 0.15) is 11.4 Å². The number of amidine groups is 1. The molecule has 132 valence electrons. The number of aliphatic imine (C=N–C) groups is 1. The van der Waals surface area contributed by atoms with Gasteiger partial charge in [-0.15, -0.1) is 0 Å². The smallest absolute Gasteiger partial charge is 0.410 e. The van der Waals surface area contributed by atoms with E-state index in [-0.39, 0.29) is 17.6 Å². The van der Waals surface area contributed by atoms with E-state index in [9.17, 15) is 4.79 Å². The summed E-state index contributed by atoms with van der Waals surface area (Å²) in [6.45, 7) is 14.6. The number of rotatable bonds is 3. The SMILES string of the molecule is CCOC1CC(NC2=NCCN(C(=O)OC(C)(C)C)C2)C1(C)C. The van der Waals surface area contributed by atoms with Crippen molar-refractivity contribution in [2.45, 2.75) is 65.7 Å². The number of carbonyl (C=O) groups is 1. The highest BCUT2D eigenvalue weighted by Gasteiger charge is 2.49. The van der Waals surface area contributed by atoms with E-state index in [2.05, 4.69) is 24.2 Å². The van der Waals surface area contributed by atoms with Gasteiger partial charge in [0.05, 0.1) is 19.2 Å². The monoisotopic (exact) mass is 325 g/mol. The van der Waals surface area contributed by atoms with Gasteiger partial charge in [0.15, 0.2) is 0 Å². The summed E-state index contributed by atoms with van der Waals surface area (Å²) < 4.78 is 11.2. The van der Waals surface area contributed by atoms with Crippen molar-refractivity contribution in [2.24, 2.45) is 10.4 Å². The molecule has 23 heavy (non-hydrogen) atoms. The van der Waals surface area contributed by atoms with E-state index in [0.29, 0.717) is 25.7 Å². The molecule has 1 N–H and O–H groups in total. The van der Waals surface area contributed by atoms with Crippen LogP contribution < -0.4 is 5.32 Å². The quantitative estimate of drug-likeness (QED) is 0.865. The molecule has 2 rings (SSSR count). The molecule has 0 aromatic heterocycles. The third-order valence-electron chi connectivity index (χ3n) is 4.55. The molecule has 1 fully saturated rings. The summed E-state index contributed by atoms with van der Waals surface area (Å²) in [4.78, 5) is 18.4. The molecule has 0 radical (unpaired) electrons. The Morgan fingerprint density at radius 3 is 2.70 bits per heavy atom. The second-order valence-electron chi connectivity index (χ2n) is 7.93. The predicted octanol–water partition coefficient (Wildman–Crippen LogP) is 2.43. The van der Waals surface area contributed by atoms with Crippen molar-refractivity contribution in [1.82, 2.24) is 10.2 Å². The zero-order valence-electron chi connectivity index (χ0n) is 15.3. The lowest BCUT2D eigenvalue weighted by Crippen LogP contribution is -2.63. The second kappa shape index (κ2) is 6.67. The summed E-state index contributed by atoms with van der Waals surface area (Å²) in [5, 5.41) is 3.50. The van der Waals surface area contributed by atoms with Gasteiger partial charge in [0, 0.05) is 24.6 Å². The first-order valence-corrected chi connectivity index (χ1v) is 8.53. The van der Waals surface area contributed by atoms with Gasteiger partial charge in [-0.3, -0.25) is 9.89 Å². The van der Waals surface area contributed by atoms with Crippen molar-refractivity contribution < 1.29 is 14.3 Å². The molecule has 6 heteroatoms. The Labute approximate surface area is 139 Å². The Hall–Kier alpha value is -1.30. The van der Waals surface area contributed by atoms with Gasteiger partial charge in [0.25, 0.3) is 0 Å². The molecule has 2 unspecified atom stereocenters. The summed E-state index contributed by atoms with van der Waals surface area (Å²) in [6, 6.07) is 0.330. The maximum absolute atomic E-state index is 12.2. The lowest BCUT2D eigenvalue weighted by molar-refractivity contribution is -0.109. The summed E-state index contributed by atoms with van der Waals surface area (Å²) >= 11 is 0. The fourth-order valence-corrected chi connectivity index (χ4v) is 3.00. The molecule has 6 nitrogen and oxygen atoms in total. The van der Waals surface area contributed by atoms with Gasteiger partial charge >= 0.3 is 6.09 Å². The Balaban J connectivity index is 1.88.